The number of rotatable bonds is 3. The van der Waals surface area contributed by atoms with Gasteiger partial charge in [0.1, 0.15) is 0 Å². The average Bonchev–Trinajstić information content (AvgIpc) is 2.38. The molecule has 3 nitrogen and oxygen atoms in total. The summed E-state index contributed by atoms with van der Waals surface area (Å²) in [4.78, 5) is 14.9. The normalized spacial score (nSPS) is 16.2. The van der Waals surface area contributed by atoms with Crippen molar-refractivity contribution in [3.8, 4) is 0 Å². The first kappa shape index (κ1) is 18.0. The Morgan fingerprint density at radius 2 is 1.57 bits per heavy atom. The molecule has 21 heavy (non-hydrogen) atoms. The van der Waals surface area contributed by atoms with Gasteiger partial charge in [-0.3, -0.25) is 9.69 Å². The molecule has 1 aromatic rings. The van der Waals surface area contributed by atoms with Gasteiger partial charge in [-0.25, -0.2) is 0 Å². The van der Waals surface area contributed by atoms with Crippen LogP contribution in [0.5, 0.6) is 0 Å². The third-order valence-electron chi connectivity index (χ3n) is 4.18. The van der Waals surface area contributed by atoms with Crippen molar-refractivity contribution in [1.29, 1.82) is 0 Å². The highest BCUT2D eigenvalue weighted by Gasteiger charge is 2.35. The number of carbonyl (C=O) groups excluding carboxylic acids is 1. The molecular formula is C17H27ClN2O. The second kappa shape index (κ2) is 7.28. The lowest BCUT2D eigenvalue weighted by molar-refractivity contribution is -0.126. The molecular weight excluding hydrogens is 284 g/mol. The van der Waals surface area contributed by atoms with Gasteiger partial charge in [0, 0.05) is 5.69 Å². The van der Waals surface area contributed by atoms with Gasteiger partial charge in [0.15, 0.2) is 0 Å². The summed E-state index contributed by atoms with van der Waals surface area (Å²) in [6.07, 6.45) is 3.67. The highest BCUT2D eigenvalue weighted by atomic mass is 35.5. The number of aryl methyl sites for hydroxylation is 2. The summed E-state index contributed by atoms with van der Waals surface area (Å²) in [6.45, 7) is 10.2. The molecule has 0 aliphatic carbocycles. The van der Waals surface area contributed by atoms with Crippen LogP contribution in [0.2, 0.25) is 0 Å². The maximum atomic E-state index is 12.6. The maximum absolute atomic E-state index is 12.6. The predicted octanol–water partition coefficient (Wildman–Crippen LogP) is 3.93. The van der Waals surface area contributed by atoms with Crippen molar-refractivity contribution < 1.29 is 4.79 Å². The van der Waals surface area contributed by atoms with Crippen LogP contribution >= 0.6 is 12.4 Å². The van der Waals surface area contributed by atoms with Crippen LogP contribution in [0.4, 0.5) is 5.69 Å². The lowest BCUT2D eigenvalue weighted by Gasteiger charge is -2.39. The van der Waals surface area contributed by atoms with Gasteiger partial charge in [-0.1, -0.05) is 12.5 Å². The predicted molar refractivity (Wildman–Crippen MR) is 91.3 cm³/mol. The van der Waals surface area contributed by atoms with E-state index in [1.807, 2.05) is 26.0 Å². The Kier molecular flexibility index (Phi) is 6.24. The first-order valence-corrected chi connectivity index (χ1v) is 7.54. The second-order valence-corrected chi connectivity index (χ2v) is 6.44. The Hall–Kier alpha value is -1.06. The molecule has 1 fully saturated rings. The minimum Gasteiger partial charge on any atom is -0.324 e. The van der Waals surface area contributed by atoms with Crippen molar-refractivity contribution in [3.63, 3.8) is 0 Å². The molecule has 0 bridgehead atoms. The summed E-state index contributed by atoms with van der Waals surface area (Å²) in [5.74, 6) is 0.0874. The van der Waals surface area contributed by atoms with Gasteiger partial charge in [-0.2, -0.15) is 0 Å². The fourth-order valence-corrected chi connectivity index (χ4v) is 2.93. The molecule has 0 unspecified atom stereocenters. The summed E-state index contributed by atoms with van der Waals surface area (Å²) < 4.78 is 0. The van der Waals surface area contributed by atoms with Gasteiger partial charge in [-0.15, -0.1) is 12.4 Å². The highest BCUT2D eigenvalue weighted by molar-refractivity contribution is 5.97. The smallest absolute Gasteiger partial charge is 0.244 e. The van der Waals surface area contributed by atoms with Crippen molar-refractivity contribution >= 4 is 24.0 Å². The van der Waals surface area contributed by atoms with Crippen LogP contribution in [0.3, 0.4) is 0 Å². The molecule has 0 spiro atoms. The summed E-state index contributed by atoms with van der Waals surface area (Å²) in [5.41, 5.74) is 2.81. The number of piperidine rings is 1. The van der Waals surface area contributed by atoms with Gasteiger partial charge >= 0.3 is 0 Å². The van der Waals surface area contributed by atoms with Gasteiger partial charge in [0.2, 0.25) is 5.91 Å². The van der Waals surface area contributed by atoms with E-state index in [1.54, 1.807) is 0 Å². The van der Waals surface area contributed by atoms with E-state index in [-0.39, 0.29) is 18.3 Å². The molecule has 1 aromatic carbocycles. The Bertz CT molecular complexity index is 473. The number of hydrogen-bond acceptors (Lipinski definition) is 2. The zero-order valence-electron chi connectivity index (χ0n) is 13.5. The zero-order chi connectivity index (χ0) is 14.8. The first-order valence-electron chi connectivity index (χ1n) is 7.54. The minimum atomic E-state index is -0.446. The van der Waals surface area contributed by atoms with E-state index in [4.69, 9.17) is 0 Å². The van der Waals surface area contributed by atoms with Crippen molar-refractivity contribution in [3.05, 3.63) is 29.3 Å². The molecule has 118 valence electrons. The number of likely N-dealkylation sites (tertiary alicyclic amines) is 1. The molecule has 2 rings (SSSR count). The van der Waals surface area contributed by atoms with Gasteiger partial charge < -0.3 is 5.32 Å². The number of halogens is 1. The van der Waals surface area contributed by atoms with E-state index in [9.17, 15) is 4.79 Å². The molecule has 1 amide bonds. The van der Waals surface area contributed by atoms with E-state index in [2.05, 4.69) is 30.1 Å². The lowest BCUT2D eigenvalue weighted by Crippen LogP contribution is -2.54. The molecule has 0 radical (unpaired) electrons. The number of nitrogens with one attached hydrogen (secondary N) is 1. The zero-order valence-corrected chi connectivity index (χ0v) is 14.3. The number of nitrogens with zero attached hydrogens (tertiary/aromatic N) is 1. The summed E-state index contributed by atoms with van der Waals surface area (Å²) in [6, 6.07) is 6.17. The summed E-state index contributed by atoms with van der Waals surface area (Å²) in [7, 11) is 0. The van der Waals surface area contributed by atoms with Crippen LogP contribution in [0.1, 0.15) is 44.2 Å². The van der Waals surface area contributed by atoms with E-state index < -0.39 is 5.54 Å². The molecule has 0 aromatic heterocycles. The molecule has 0 atom stereocenters. The molecule has 1 saturated heterocycles. The number of carbonyl (C=O) groups is 1. The fraction of sp³-hybridized carbons (Fsp3) is 0.588. The summed E-state index contributed by atoms with van der Waals surface area (Å²) in [5, 5.41) is 3.08. The number of benzene rings is 1. The molecule has 1 aliphatic rings. The number of anilines is 1. The minimum absolute atomic E-state index is 0. The average molecular weight is 311 g/mol. The first-order chi connectivity index (χ1) is 9.39. The monoisotopic (exact) mass is 310 g/mol. The third-order valence-corrected chi connectivity index (χ3v) is 4.18. The largest absolute Gasteiger partial charge is 0.324 e. The lowest BCUT2D eigenvalue weighted by atomic mass is 9.97. The van der Waals surface area contributed by atoms with E-state index in [0.717, 1.165) is 18.8 Å². The molecule has 1 N–H and O–H groups in total. The molecule has 4 heteroatoms. The summed E-state index contributed by atoms with van der Waals surface area (Å²) >= 11 is 0. The van der Waals surface area contributed by atoms with E-state index >= 15 is 0 Å². The van der Waals surface area contributed by atoms with Crippen LogP contribution in [0.15, 0.2) is 18.2 Å². The topological polar surface area (TPSA) is 32.3 Å². The van der Waals surface area contributed by atoms with Crippen molar-refractivity contribution in [2.24, 2.45) is 0 Å². The highest BCUT2D eigenvalue weighted by Crippen LogP contribution is 2.23. The van der Waals surface area contributed by atoms with E-state index in [0.29, 0.717) is 0 Å². The van der Waals surface area contributed by atoms with Gasteiger partial charge in [0.25, 0.3) is 0 Å². The Morgan fingerprint density at radius 3 is 2.10 bits per heavy atom. The number of hydrogen-bond donors (Lipinski definition) is 1. The Balaban J connectivity index is 0.00000220. The maximum Gasteiger partial charge on any atom is 0.244 e. The standard InChI is InChI=1S/C17H26N2O.ClH/c1-13-10-14(2)12-15(11-13)18-16(20)17(3,4)19-8-6-5-7-9-19;/h10-12H,5-9H2,1-4H3,(H,18,20);1H. The quantitative estimate of drug-likeness (QED) is 0.917. The number of amides is 1. The van der Waals surface area contributed by atoms with Crippen molar-refractivity contribution in [2.75, 3.05) is 18.4 Å². The molecule has 1 aliphatic heterocycles. The van der Waals surface area contributed by atoms with Crippen LogP contribution < -0.4 is 5.32 Å². The van der Waals surface area contributed by atoms with Gasteiger partial charge in [0.05, 0.1) is 5.54 Å². The van der Waals surface area contributed by atoms with Crippen molar-refractivity contribution in [1.82, 2.24) is 4.90 Å². The molecule has 0 saturated carbocycles. The van der Waals surface area contributed by atoms with Crippen LogP contribution in [0, 0.1) is 13.8 Å². The van der Waals surface area contributed by atoms with Crippen LogP contribution in [0.25, 0.3) is 0 Å². The fourth-order valence-electron chi connectivity index (χ4n) is 2.93. The van der Waals surface area contributed by atoms with Crippen LogP contribution in [-0.2, 0) is 4.79 Å². The van der Waals surface area contributed by atoms with E-state index in [1.165, 1.54) is 30.4 Å². The Morgan fingerprint density at radius 1 is 1.05 bits per heavy atom. The third kappa shape index (κ3) is 4.45. The van der Waals surface area contributed by atoms with Gasteiger partial charge in [-0.05, 0) is 76.9 Å². The molecule has 1 heterocycles. The Labute approximate surface area is 134 Å². The second-order valence-electron chi connectivity index (χ2n) is 6.44. The SMILES string of the molecule is Cc1cc(C)cc(NC(=O)C(C)(C)N2CCCCC2)c1.Cl. The van der Waals surface area contributed by atoms with Crippen LogP contribution in [-0.4, -0.2) is 29.4 Å². The van der Waals surface area contributed by atoms with Crippen molar-refractivity contribution in [2.45, 2.75) is 52.5 Å².